The van der Waals surface area contributed by atoms with Gasteiger partial charge in [0.05, 0.1) is 0 Å². The van der Waals surface area contributed by atoms with Crippen molar-refractivity contribution in [1.82, 2.24) is 0 Å². The van der Waals surface area contributed by atoms with E-state index >= 15 is 0 Å². The molecule has 2 aliphatic rings. The van der Waals surface area contributed by atoms with E-state index in [9.17, 15) is 0 Å². The van der Waals surface area contributed by atoms with E-state index in [-0.39, 0.29) is 28.4 Å². The van der Waals surface area contributed by atoms with Crippen LogP contribution in [-0.4, -0.2) is 6.71 Å². The van der Waals surface area contributed by atoms with E-state index in [0.29, 0.717) is 0 Å². The summed E-state index contributed by atoms with van der Waals surface area (Å²) in [5, 5.41) is 0. The SMILES string of the molecule is Cc1cc2c3c(c1)N(c1ccc(C(C)(C)C)cc1)c1ccc(C(C)(C)C)cc1B3c1cc(Sc3ccccc3)ccc1N2c1cc(C(C)(C)C)cc(C(C)(C)C)c1. The average molecular weight is 767 g/mol. The molecule has 0 aliphatic carbocycles. The minimum Gasteiger partial charge on any atom is -0.311 e. The molecule has 0 spiro atoms. The molecule has 0 radical (unpaired) electrons. The van der Waals surface area contributed by atoms with Gasteiger partial charge in [-0.25, -0.2) is 0 Å². The molecule has 2 nitrogen and oxygen atoms in total. The zero-order chi connectivity index (χ0) is 40.8. The maximum Gasteiger partial charge on any atom is 0.252 e. The van der Waals surface area contributed by atoms with E-state index in [1.165, 1.54) is 88.1 Å². The second kappa shape index (κ2) is 13.7. The van der Waals surface area contributed by atoms with Gasteiger partial charge in [0.2, 0.25) is 0 Å². The van der Waals surface area contributed by atoms with Gasteiger partial charge in [-0.05, 0) is 140 Å². The highest BCUT2D eigenvalue weighted by molar-refractivity contribution is 7.99. The van der Waals surface area contributed by atoms with Gasteiger partial charge in [-0.2, -0.15) is 0 Å². The van der Waals surface area contributed by atoms with E-state index < -0.39 is 0 Å². The molecule has 0 saturated carbocycles. The summed E-state index contributed by atoms with van der Waals surface area (Å²) in [7, 11) is 0. The molecule has 8 rings (SSSR count). The average Bonchev–Trinajstić information content (AvgIpc) is 3.13. The van der Waals surface area contributed by atoms with Gasteiger partial charge in [0.1, 0.15) is 0 Å². The van der Waals surface area contributed by atoms with Crippen molar-refractivity contribution in [1.29, 1.82) is 0 Å². The molecule has 6 aromatic rings. The first-order valence-corrected chi connectivity index (χ1v) is 21.5. The van der Waals surface area contributed by atoms with Crippen molar-refractivity contribution in [2.45, 2.75) is 121 Å². The Bertz CT molecular complexity index is 2460. The first-order valence-electron chi connectivity index (χ1n) is 20.7. The lowest BCUT2D eigenvalue weighted by molar-refractivity contribution is 0.569. The Hall–Kier alpha value is -4.67. The maximum atomic E-state index is 2.60. The number of nitrogens with zero attached hydrogens (tertiary/aromatic N) is 2. The zero-order valence-corrected chi connectivity index (χ0v) is 37.2. The molecular weight excluding hydrogens is 707 g/mol. The molecule has 6 aromatic carbocycles. The third-order valence-electron chi connectivity index (χ3n) is 11.9. The third kappa shape index (κ3) is 7.24. The van der Waals surface area contributed by atoms with Crippen LogP contribution in [0, 0.1) is 6.92 Å². The minimum absolute atomic E-state index is 0.00407. The first-order chi connectivity index (χ1) is 26.7. The second-order valence-corrected chi connectivity index (χ2v) is 21.7. The molecular formula is C53H59BN2S. The number of hydrogen-bond acceptors (Lipinski definition) is 3. The Balaban J connectivity index is 1.46. The molecule has 0 atom stereocenters. The van der Waals surface area contributed by atoms with Gasteiger partial charge in [0.15, 0.2) is 0 Å². The van der Waals surface area contributed by atoms with Gasteiger partial charge in [0.25, 0.3) is 6.71 Å². The number of aryl methyl sites for hydroxylation is 1. The van der Waals surface area contributed by atoms with Crippen LogP contribution in [-0.2, 0) is 21.7 Å². The van der Waals surface area contributed by atoms with E-state index in [4.69, 9.17) is 0 Å². The van der Waals surface area contributed by atoms with Gasteiger partial charge >= 0.3 is 0 Å². The molecule has 0 saturated heterocycles. The largest absolute Gasteiger partial charge is 0.311 e. The fourth-order valence-corrected chi connectivity index (χ4v) is 9.44. The highest BCUT2D eigenvalue weighted by Gasteiger charge is 2.44. The monoisotopic (exact) mass is 766 g/mol. The normalized spacial score (nSPS) is 14.0. The van der Waals surface area contributed by atoms with Crippen molar-refractivity contribution in [3.63, 3.8) is 0 Å². The fraction of sp³-hybridized carbons (Fsp3) is 0.321. The van der Waals surface area contributed by atoms with E-state index in [1.54, 1.807) is 0 Å². The van der Waals surface area contributed by atoms with Crippen LogP contribution in [0.1, 0.15) is 111 Å². The van der Waals surface area contributed by atoms with Crippen LogP contribution in [0.25, 0.3) is 0 Å². The van der Waals surface area contributed by atoms with Crippen LogP contribution in [0.15, 0.2) is 131 Å². The van der Waals surface area contributed by atoms with Crippen LogP contribution >= 0.6 is 11.8 Å². The van der Waals surface area contributed by atoms with Crippen LogP contribution < -0.4 is 26.2 Å². The summed E-state index contributed by atoms with van der Waals surface area (Å²) in [6.45, 7) is 30.3. The summed E-state index contributed by atoms with van der Waals surface area (Å²) in [6.07, 6.45) is 0. The third-order valence-corrected chi connectivity index (χ3v) is 12.9. The molecule has 57 heavy (non-hydrogen) atoms. The van der Waals surface area contributed by atoms with Gasteiger partial charge in [-0.15, -0.1) is 0 Å². The topological polar surface area (TPSA) is 6.48 Å². The number of anilines is 6. The fourth-order valence-electron chi connectivity index (χ4n) is 8.55. The minimum atomic E-state index is -0.0162. The summed E-state index contributed by atoms with van der Waals surface area (Å²) < 4.78 is 0. The van der Waals surface area contributed by atoms with Crippen LogP contribution in [0.5, 0.6) is 0 Å². The van der Waals surface area contributed by atoms with Crippen molar-refractivity contribution >= 4 is 69.0 Å². The Morgan fingerprint density at radius 1 is 0.404 bits per heavy atom. The van der Waals surface area contributed by atoms with E-state index in [2.05, 4.69) is 221 Å². The lowest BCUT2D eigenvalue weighted by Crippen LogP contribution is -2.61. The lowest BCUT2D eigenvalue weighted by atomic mass is 9.33. The van der Waals surface area contributed by atoms with Crippen molar-refractivity contribution in [2.75, 3.05) is 9.80 Å². The predicted molar refractivity (Wildman–Crippen MR) is 251 cm³/mol. The summed E-state index contributed by atoms with van der Waals surface area (Å²) in [5.74, 6) is 0. The molecule has 0 bridgehead atoms. The van der Waals surface area contributed by atoms with Crippen LogP contribution in [0.2, 0.25) is 0 Å². The number of fused-ring (bicyclic) bond motifs is 4. The standard InChI is InChI=1S/C53H59BN2S/c1-34-27-47-49-48(28-34)56(40-30-37(52(8,9)10)29-38(31-40)53(11,12)13)46-26-24-42(57-41-17-15-14-16-18-41)33-44(46)54(49)43-32-36(51(5,6)7)21-25-45(43)55(47)39-22-19-35(20-23-39)50(2,3)4/h14-33H,1-13H3. The quantitative estimate of drug-likeness (QED) is 0.165. The van der Waals surface area contributed by atoms with Gasteiger partial charge in [-0.3, -0.25) is 0 Å². The molecule has 4 heteroatoms. The molecule has 0 aromatic heterocycles. The first kappa shape index (κ1) is 39.2. The molecule has 0 N–H and O–H groups in total. The molecule has 0 fully saturated rings. The van der Waals surface area contributed by atoms with Gasteiger partial charge < -0.3 is 9.80 Å². The van der Waals surface area contributed by atoms with Crippen molar-refractivity contribution in [3.8, 4) is 0 Å². The molecule has 0 unspecified atom stereocenters. The summed E-state index contributed by atoms with van der Waals surface area (Å²) >= 11 is 1.85. The summed E-state index contributed by atoms with van der Waals surface area (Å²) in [6, 6.07) is 46.9. The Kier molecular flexibility index (Phi) is 9.43. The number of rotatable bonds is 4. The van der Waals surface area contributed by atoms with Crippen molar-refractivity contribution < 1.29 is 0 Å². The maximum absolute atomic E-state index is 2.60. The molecule has 290 valence electrons. The predicted octanol–water partition coefficient (Wildman–Crippen LogP) is 13.4. The number of benzene rings is 6. The Morgan fingerprint density at radius 3 is 1.44 bits per heavy atom. The van der Waals surface area contributed by atoms with E-state index in [0.717, 1.165) is 0 Å². The Morgan fingerprint density at radius 2 is 0.895 bits per heavy atom. The summed E-state index contributed by atoms with van der Waals surface area (Å²) in [4.78, 5) is 7.65. The van der Waals surface area contributed by atoms with Crippen LogP contribution in [0.3, 0.4) is 0 Å². The van der Waals surface area contributed by atoms with Crippen molar-refractivity contribution in [3.05, 3.63) is 149 Å². The molecule has 2 heterocycles. The lowest BCUT2D eigenvalue weighted by Gasteiger charge is -2.45. The van der Waals surface area contributed by atoms with Gasteiger partial charge in [-0.1, -0.05) is 149 Å². The van der Waals surface area contributed by atoms with Crippen molar-refractivity contribution in [2.24, 2.45) is 0 Å². The highest BCUT2D eigenvalue weighted by Crippen LogP contribution is 2.47. The highest BCUT2D eigenvalue weighted by atomic mass is 32.2. The smallest absolute Gasteiger partial charge is 0.252 e. The Labute approximate surface area is 347 Å². The zero-order valence-electron chi connectivity index (χ0n) is 36.4. The van der Waals surface area contributed by atoms with Crippen LogP contribution in [0.4, 0.5) is 34.1 Å². The summed E-state index contributed by atoms with van der Waals surface area (Å²) in [5.41, 5.74) is 18.2. The van der Waals surface area contributed by atoms with Gasteiger partial charge in [0, 0.05) is 43.9 Å². The molecule has 0 amide bonds. The van der Waals surface area contributed by atoms with E-state index in [1.807, 2.05) is 11.8 Å². The second-order valence-electron chi connectivity index (χ2n) is 20.5. The molecule has 2 aliphatic heterocycles. The number of hydrogen-bond donors (Lipinski definition) is 0.